The van der Waals surface area contributed by atoms with Gasteiger partial charge in [0.05, 0.1) is 0 Å². The Morgan fingerprint density at radius 3 is 2.30 bits per heavy atom. The molecule has 0 heterocycles. The van der Waals surface area contributed by atoms with Gasteiger partial charge in [-0.1, -0.05) is 70.9 Å². The average molecular weight is 264 g/mol. The highest BCUT2D eigenvalue weighted by Crippen LogP contribution is 2.27. The van der Waals surface area contributed by atoms with E-state index in [0.29, 0.717) is 6.42 Å². The molecule has 0 N–H and O–H groups in total. The van der Waals surface area contributed by atoms with Crippen LogP contribution >= 0.6 is 0 Å². The minimum absolute atomic E-state index is 0.353. The molecular formula is C14H12N6. The van der Waals surface area contributed by atoms with Gasteiger partial charge in [-0.15, -0.1) is 0 Å². The normalized spacial score (nSPS) is 20.9. The highest BCUT2D eigenvalue weighted by Gasteiger charge is 2.25. The van der Waals surface area contributed by atoms with Crippen LogP contribution in [-0.4, -0.2) is 5.66 Å². The van der Waals surface area contributed by atoms with Crippen molar-refractivity contribution in [2.75, 3.05) is 0 Å². The van der Waals surface area contributed by atoms with Gasteiger partial charge in [0.1, 0.15) is 5.66 Å². The third-order valence-corrected chi connectivity index (χ3v) is 2.88. The SMILES string of the molecule is [N-]=[N+]=NC1(N=[N+]=[N-])C=CC(C=Cc2ccccc2)=CC1. The van der Waals surface area contributed by atoms with Crippen molar-refractivity contribution < 1.29 is 0 Å². The summed E-state index contributed by atoms with van der Waals surface area (Å²) in [6.45, 7) is 0. The maximum Gasteiger partial charge on any atom is 0.149 e. The highest BCUT2D eigenvalue weighted by molar-refractivity contribution is 5.55. The largest absolute Gasteiger partial charge is 0.149 e. The van der Waals surface area contributed by atoms with E-state index < -0.39 is 5.66 Å². The van der Waals surface area contributed by atoms with E-state index in [1.807, 2.05) is 48.6 Å². The lowest BCUT2D eigenvalue weighted by Gasteiger charge is -2.20. The number of azide groups is 1. The molecule has 20 heavy (non-hydrogen) atoms. The molecule has 0 saturated carbocycles. The second-order valence-electron chi connectivity index (χ2n) is 4.24. The summed E-state index contributed by atoms with van der Waals surface area (Å²) in [7, 11) is 0. The minimum Gasteiger partial charge on any atom is -0.0768 e. The number of hydrogen-bond acceptors (Lipinski definition) is 2. The summed E-state index contributed by atoms with van der Waals surface area (Å²) in [5.41, 5.74) is 18.0. The molecule has 0 bridgehead atoms. The number of rotatable bonds is 4. The zero-order valence-corrected chi connectivity index (χ0v) is 10.7. The molecule has 1 aliphatic rings. The van der Waals surface area contributed by atoms with Crippen molar-refractivity contribution in [3.8, 4) is 0 Å². The average Bonchev–Trinajstić information content (AvgIpc) is 2.48. The summed E-state index contributed by atoms with van der Waals surface area (Å²) in [4.78, 5) is 5.46. The van der Waals surface area contributed by atoms with Crippen LogP contribution in [-0.2, 0) is 0 Å². The van der Waals surface area contributed by atoms with E-state index in [1.165, 1.54) is 0 Å². The Morgan fingerprint density at radius 2 is 1.75 bits per heavy atom. The van der Waals surface area contributed by atoms with Crippen molar-refractivity contribution >= 4 is 6.08 Å². The zero-order valence-electron chi connectivity index (χ0n) is 10.7. The van der Waals surface area contributed by atoms with Crippen LogP contribution in [0, 0.1) is 0 Å². The number of benzene rings is 1. The van der Waals surface area contributed by atoms with E-state index in [9.17, 15) is 0 Å². The zero-order chi connectivity index (χ0) is 14.3. The maximum absolute atomic E-state index is 8.53. The molecule has 6 heteroatoms. The van der Waals surface area contributed by atoms with Crippen LogP contribution in [0.15, 0.2) is 70.4 Å². The van der Waals surface area contributed by atoms with Gasteiger partial charge < -0.3 is 0 Å². The third-order valence-electron chi connectivity index (χ3n) is 2.88. The molecular weight excluding hydrogens is 252 g/mol. The van der Waals surface area contributed by atoms with Crippen molar-refractivity contribution in [1.82, 2.24) is 0 Å². The quantitative estimate of drug-likeness (QED) is 0.419. The molecule has 0 aliphatic heterocycles. The molecule has 0 amide bonds. The summed E-state index contributed by atoms with van der Waals surface area (Å²) in [5.74, 6) is 0. The van der Waals surface area contributed by atoms with E-state index in [0.717, 1.165) is 11.1 Å². The highest BCUT2D eigenvalue weighted by atomic mass is 15.3. The van der Waals surface area contributed by atoms with Crippen molar-refractivity contribution in [2.24, 2.45) is 10.2 Å². The van der Waals surface area contributed by atoms with Gasteiger partial charge in [-0.3, -0.25) is 0 Å². The van der Waals surface area contributed by atoms with Gasteiger partial charge in [-0.25, -0.2) is 0 Å². The lowest BCUT2D eigenvalue weighted by atomic mass is 9.97. The topological polar surface area (TPSA) is 97.5 Å². The first-order valence-electron chi connectivity index (χ1n) is 6.03. The first kappa shape index (κ1) is 13.5. The van der Waals surface area contributed by atoms with E-state index in [1.54, 1.807) is 12.2 Å². The van der Waals surface area contributed by atoms with Crippen molar-refractivity contribution in [3.05, 3.63) is 86.7 Å². The molecule has 1 aromatic carbocycles. The fraction of sp³-hybridized carbons (Fsp3) is 0.143. The molecule has 98 valence electrons. The van der Waals surface area contributed by atoms with Crippen molar-refractivity contribution in [2.45, 2.75) is 12.1 Å². The summed E-state index contributed by atoms with van der Waals surface area (Å²) in [6.07, 6.45) is 9.59. The van der Waals surface area contributed by atoms with Crippen LogP contribution in [0.1, 0.15) is 12.0 Å². The lowest BCUT2D eigenvalue weighted by molar-refractivity contribution is 0.548. The first-order chi connectivity index (χ1) is 9.78. The standard InChI is InChI=1S/C14H12N6/c15-19-17-14(18-20-16)10-8-13(9-11-14)7-6-12-4-2-1-3-5-12/h1-10H,11H2. The van der Waals surface area contributed by atoms with Gasteiger partial charge in [-0.2, -0.15) is 0 Å². The van der Waals surface area contributed by atoms with E-state index >= 15 is 0 Å². The predicted molar refractivity (Wildman–Crippen MR) is 78.3 cm³/mol. The van der Waals surface area contributed by atoms with Crippen LogP contribution in [0.4, 0.5) is 0 Å². The Hall–Kier alpha value is -2.94. The van der Waals surface area contributed by atoms with E-state index in [-0.39, 0.29) is 0 Å². The third kappa shape index (κ3) is 3.29. The Morgan fingerprint density at radius 1 is 1.05 bits per heavy atom. The maximum atomic E-state index is 8.53. The fourth-order valence-electron chi connectivity index (χ4n) is 1.84. The van der Waals surface area contributed by atoms with Crippen LogP contribution < -0.4 is 0 Å². The van der Waals surface area contributed by atoms with Gasteiger partial charge in [0.2, 0.25) is 0 Å². The summed E-state index contributed by atoms with van der Waals surface area (Å²) in [5, 5.41) is 7.12. The van der Waals surface area contributed by atoms with Gasteiger partial charge in [-0.05, 0) is 28.6 Å². The van der Waals surface area contributed by atoms with Gasteiger partial charge in [0, 0.05) is 9.82 Å². The number of nitrogens with zero attached hydrogens (tertiary/aromatic N) is 6. The fourth-order valence-corrected chi connectivity index (χ4v) is 1.84. The summed E-state index contributed by atoms with van der Waals surface area (Å²) < 4.78 is 0. The molecule has 6 nitrogen and oxygen atoms in total. The molecule has 0 unspecified atom stereocenters. The Balaban J connectivity index is 2.14. The van der Waals surface area contributed by atoms with E-state index in [4.69, 9.17) is 11.1 Å². The van der Waals surface area contributed by atoms with Crippen LogP contribution in [0.3, 0.4) is 0 Å². The summed E-state index contributed by atoms with van der Waals surface area (Å²) in [6, 6.07) is 9.92. The molecule has 0 atom stereocenters. The van der Waals surface area contributed by atoms with Crippen molar-refractivity contribution in [1.29, 1.82) is 0 Å². The van der Waals surface area contributed by atoms with Crippen LogP contribution in [0.2, 0.25) is 0 Å². The van der Waals surface area contributed by atoms with Gasteiger partial charge in [0.15, 0.2) is 0 Å². The molecule has 1 aromatic rings. The minimum atomic E-state index is -1.16. The second-order valence-corrected chi connectivity index (χ2v) is 4.24. The predicted octanol–water partition coefficient (Wildman–Crippen LogP) is 4.90. The van der Waals surface area contributed by atoms with Crippen molar-refractivity contribution in [3.63, 3.8) is 0 Å². The Bertz CT molecular complexity index is 640. The molecule has 0 saturated heterocycles. The second kappa shape index (κ2) is 6.29. The lowest BCUT2D eigenvalue weighted by Crippen LogP contribution is -2.20. The van der Waals surface area contributed by atoms with Crippen LogP contribution in [0.25, 0.3) is 27.0 Å². The molecule has 0 spiro atoms. The molecule has 0 radical (unpaired) electrons. The van der Waals surface area contributed by atoms with E-state index in [2.05, 4.69) is 20.1 Å². The molecule has 0 fully saturated rings. The van der Waals surface area contributed by atoms with Gasteiger partial charge >= 0.3 is 0 Å². The number of allylic oxidation sites excluding steroid dienone is 3. The Kier molecular flexibility index (Phi) is 4.24. The Labute approximate surface area is 116 Å². The molecule has 1 aliphatic carbocycles. The molecule has 2 rings (SSSR count). The summed E-state index contributed by atoms with van der Waals surface area (Å²) >= 11 is 0. The number of hydrogen-bond donors (Lipinski definition) is 0. The monoisotopic (exact) mass is 264 g/mol. The first-order valence-corrected chi connectivity index (χ1v) is 6.03. The smallest absolute Gasteiger partial charge is 0.0768 e. The molecule has 0 aromatic heterocycles. The van der Waals surface area contributed by atoms with Gasteiger partial charge in [0.25, 0.3) is 0 Å². The van der Waals surface area contributed by atoms with Crippen LogP contribution in [0.5, 0.6) is 0 Å².